The molecule has 7 nitrogen and oxygen atoms in total. The number of nitrogens with one attached hydrogen (secondary N) is 1. The van der Waals surface area contributed by atoms with Crippen LogP contribution in [0, 0.1) is 5.92 Å². The van der Waals surface area contributed by atoms with Crippen molar-refractivity contribution < 1.29 is 19.1 Å². The van der Waals surface area contributed by atoms with Gasteiger partial charge in [0.25, 0.3) is 0 Å². The van der Waals surface area contributed by atoms with E-state index in [0.717, 1.165) is 26.1 Å². The molecule has 0 aromatic rings. The molecule has 7 heteroatoms. The fourth-order valence-corrected chi connectivity index (χ4v) is 2.72. The van der Waals surface area contributed by atoms with Crippen molar-refractivity contribution in [1.29, 1.82) is 0 Å². The molecule has 1 aliphatic rings. The molecule has 1 fully saturated rings. The van der Waals surface area contributed by atoms with Crippen molar-refractivity contribution in [2.45, 2.75) is 32.7 Å². The number of amides is 1. The van der Waals surface area contributed by atoms with Gasteiger partial charge >= 0.3 is 12.1 Å². The summed E-state index contributed by atoms with van der Waals surface area (Å²) in [5.74, 6) is -0.0248. The Balaban J connectivity index is 2.54. The van der Waals surface area contributed by atoms with Crippen molar-refractivity contribution in [3.8, 4) is 0 Å². The maximum atomic E-state index is 11.6. The molecule has 2 atom stereocenters. The van der Waals surface area contributed by atoms with Gasteiger partial charge in [-0.05, 0) is 26.2 Å². The van der Waals surface area contributed by atoms with Crippen LogP contribution in [0.5, 0.6) is 0 Å². The van der Waals surface area contributed by atoms with Crippen molar-refractivity contribution in [3.05, 3.63) is 0 Å². The lowest BCUT2D eigenvalue weighted by Gasteiger charge is -2.37. The Hall–Kier alpha value is -1.34. The fourth-order valence-electron chi connectivity index (χ4n) is 2.72. The molecule has 21 heavy (non-hydrogen) atoms. The molecule has 1 rings (SSSR count). The number of esters is 1. The second-order valence-electron chi connectivity index (χ2n) is 5.22. The molecule has 3 N–H and O–H groups in total. The average molecular weight is 301 g/mol. The van der Waals surface area contributed by atoms with Gasteiger partial charge in [-0.25, -0.2) is 4.79 Å². The second-order valence-corrected chi connectivity index (χ2v) is 5.22. The zero-order valence-electron chi connectivity index (χ0n) is 13.0. The van der Waals surface area contributed by atoms with Crippen LogP contribution < -0.4 is 11.1 Å². The highest BCUT2D eigenvalue weighted by molar-refractivity contribution is 5.70. The van der Waals surface area contributed by atoms with Crippen LogP contribution >= 0.6 is 0 Å². The summed E-state index contributed by atoms with van der Waals surface area (Å²) in [5.41, 5.74) is 5.60. The summed E-state index contributed by atoms with van der Waals surface area (Å²) in [6.07, 6.45) is 0.709. The Labute approximate surface area is 126 Å². The zero-order chi connectivity index (χ0) is 15.7. The van der Waals surface area contributed by atoms with Crippen LogP contribution in [-0.2, 0) is 14.3 Å². The van der Waals surface area contributed by atoms with E-state index < -0.39 is 6.09 Å². The van der Waals surface area contributed by atoms with Crippen LogP contribution in [0.2, 0.25) is 0 Å². The number of piperidine rings is 1. The molecule has 0 aromatic heterocycles. The molecule has 0 aromatic carbocycles. The average Bonchev–Trinajstić information content (AvgIpc) is 2.39. The molecule has 1 amide bonds. The largest absolute Gasteiger partial charge is 0.466 e. The fraction of sp³-hybridized carbons (Fsp3) is 0.857. The molecule has 1 heterocycles. The van der Waals surface area contributed by atoms with Crippen molar-refractivity contribution >= 4 is 12.1 Å². The zero-order valence-corrected chi connectivity index (χ0v) is 13.0. The number of ether oxygens (including phenoxy) is 2. The molecule has 0 bridgehead atoms. The number of hydrogen-bond donors (Lipinski definition) is 2. The third kappa shape index (κ3) is 6.77. The number of nitrogens with two attached hydrogens (primary N) is 1. The Morgan fingerprint density at radius 2 is 1.95 bits per heavy atom. The summed E-state index contributed by atoms with van der Waals surface area (Å²) in [6, 6.07) is -0.0243. The molecule has 1 aliphatic heterocycles. The molecule has 1 saturated heterocycles. The van der Waals surface area contributed by atoms with Gasteiger partial charge in [0.05, 0.1) is 13.2 Å². The first-order valence-electron chi connectivity index (χ1n) is 7.60. The summed E-state index contributed by atoms with van der Waals surface area (Å²) in [5, 5.41) is 2.85. The number of carbonyl (C=O) groups is 2. The van der Waals surface area contributed by atoms with E-state index in [2.05, 4.69) is 10.2 Å². The van der Waals surface area contributed by atoms with Crippen molar-refractivity contribution in [1.82, 2.24) is 10.2 Å². The van der Waals surface area contributed by atoms with Gasteiger partial charge in [-0.3, -0.25) is 9.69 Å². The lowest BCUT2D eigenvalue weighted by Crippen LogP contribution is -2.52. The number of likely N-dealkylation sites (tertiary alicyclic amines) is 1. The lowest BCUT2D eigenvalue weighted by atomic mass is 9.91. The molecular formula is C14H27N3O4. The van der Waals surface area contributed by atoms with Gasteiger partial charge < -0.3 is 20.5 Å². The quantitative estimate of drug-likeness (QED) is 0.658. The topological polar surface area (TPSA) is 93.9 Å². The van der Waals surface area contributed by atoms with Crippen LogP contribution in [0.15, 0.2) is 0 Å². The van der Waals surface area contributed by atoms with Gasteiger partial charge in [0.2, 0.25) is 0 Å². The number of hydrogen-bond acceptors (Lipinski definition) is 6. The molecule has 122 valence electrons. The van der Waals surface area contributed by atoms with E-state index in [0.29, 0.717) is 26.2 Å². The standard InChI is InChI=1S/C14H27N3O4/c1-3-20-13(18)8-11-7-12(16-14(19)21-4-2)10-17(9-11)6-5-15/h11-12H,3-10,15H2,1-2H3,(H,16,19). The van der Waals surface area contributed by atoms with E-state index >= 15 is 0 Å². The minimum Gasteiger partial charge on any atom is -0.466 e. The molecule has 0 aliphatic carbocycles. The SMILES string of the molecule is CCOC(=O)CC1CC(NC(=O)OCC)CN(CCN)C1. The first kappa shape index (κ1) is 17.7. The number of rotatable bonds is 7. The highest BCUT2D eigenvalue weighted by Gasteiger charge is 2.29. The summed E-state index contributed by atoms with van der Waals surface area (Å²) in [4.78, 5) is 25.3. The van der Waals surface area contributed by atoms with E-state index in [4.69, 9.17) is 15.2 Å². The molecule has 0 spiro atoms. The maximum Gasteiger partial charge on any atom is 0.407 e. The van der Waals surface area contributed by atoms with E-state index in [1.807, 2.05) is 0 Å². The highest BCUT2D eigenvalue weighted by atomic mass is 16.5. The Bertz CT molecular complexity index is 310. The van der Waals surface area contributed by atoms with Crippen LogP contribution in [0.3, 0.4) is 0 Å². The number of carbonyl (C=O) groups excluding carboxylic acids is 2. The van der Waals surface area contributed by atoms with Crippen molar-refractivity contribution in [2.75, 3.05) is 39.4 Å². The molecule has 2 unspecified atom stereocenters. The predicted molar refractivity (Wildman–Crippen MR) is 78.8 cm³/mol. The molecular weight excluding hydrogens is 274 g/mol. The van der Waals surface area contributed by atoms with Gasteiger partial charge in [-0.2, -0.15) is 0 Å². The minimum atomic E-state index is -0.410. The Morgan fingerprint density at radius 1 is 1.24 bits per heavy atom. The van der Waals surface area contributed by atoms with E-state index in [1.54, 1.807) is 13.8 Å². The van der Waals surface area contributed by atoms with Gasteiger partial charge in [-0.1, -0.05) is 0 Å². The summed E-state index contributed by atoms with van der Waals surface area (Å²) < 4.78 is 9.91. The summed E-state index contributed by atoms with van der Waals surface area (Å²) in [7, 11) is 0. The third-order valence-corrected chi connectivity index (χ3v) is 3.42. The van der Waals surface area contributed by atoms with Gasteiger partial charge in [-0.15, -0.1) is 0 Å². The highest BCUT2D eigenvalue weighted by Crippen LogP contribution is 2.20. The van der Waals surface area contributed by atoms with Gasteiger partial charge in [0.15, 0.2) is 0 Å². The molecule has 0 radical (unpaired) electrons. The first-order valence-corrected chi connectivity index (χ1v) is 7.60. The second kappa shape index (κ2) is 9.57. The summed E-state index contributed by atoms with van der Waals surface area (Å²) >= 11 is 0. The van der Waals surface area contributed by atoms with Crippen LogP contribution in [0.25, 0.3) is 0 Å². The van der Waals surface area contributed by atoms with Crippen molar-refractivity contribution in [3.63, 3.8) is 0 Å². The number of nitrogens with zero attached hydrogens (tertiary/aromatic N) is 1. The Morgan fingerprint density at radius 3 is 2.57 bits per heavy atom. The van der Waals surface area contributed by atoms with E-state index in [-0.39, 0.29) is 17.9 Å². The van der Waals surface area contributed by atoms with Gasteiger partial charge in [0, 0.05) is 38.6 Å². The Kier molecular flexibility index (Phi) is 8.07. The smallest absolute Gasteiger partial charge is 0.407 e. The van der Waals surface area contributed by atoms with Gasteiger partial charge in [0.1, 0.15) is 0 Å². The maximum absolute atomic E-state index is 11.6. The summed E-state index contributed by atoms with van der Waals surface area (Å²) in [6.45, 7) is 7.14. The van der Waals surface area contributed by atoms with Crippen LogP contribution in [0.1, 0.15) is 26.7 Å². The minimum absolute atomic E-state index is 0.0243. The molecule has 0 saturated carbocycles. The third-order valence-electron chi connectivity index (χ3n) is 3.42. The van der Waals surface area contributed by atoms with E-state index in [1.165, 1.54) is 0 Å². The predicted octanol–water partition coefficient (Wildman–Crippen LogP) is 0.335. The first-order chi connectivity index (χ1) is 10.1. The van der Waals surface area contributed by atoms with Crippen molar-refractivity contribution in [2.24, 2.45) is 11.7 Å². The number of alkyl carbamates (subject to hydrolysis) is 1. The normalized spacial score (nSPS) is 22.6. The van der Waals surface area contributed by atoms with Crippen LogP contribution in [-0.4, -0.2) is 62.4 Å². The van der Waals surface area contributed by atoms with E-state index in [9.17, 15) is 9.59 Å². The lowest BCUT2D eigenvalue weighted by molar-refractivity contribution is -0.144. The van der Waals surface area contributed by atoms with Crippen LogP contribution in [0.4, 0.5) is 4.79 Å². The monoisotopic (exact) mass is 301 g/mol.